The SMILES string of the molecule is [C-]1=Cc2cc3c(cc2C1)CCC3.[C-]1=Cc2cc3c(cc2C1)CCC3.[Hf]. The van der Waals surface area contributed by atoms with Crippen LogP contribution in [0.1, 0.15) is 57.3 Å². The minimum Gasteiger partial charge on any atom is -0.272 e. The predicted molar refractivity (Wildman–Crippen MR) is 99.8 cm³/mol. The van der Waals surface area contributed by atoms with E-state index >= 15 is 0 Å². The second kappa shape index (κ2) is 7.19. The summed E-state index contributed by atoms with van der Waals surface area (Å²) in [6.07, 6.45) is 20.7. The molecule has 0 saturated heterocycles. The zero-order chi connectivity index (χ0) is 15.9. The topological polar surface area (TPSA) is 0 Å². The normalized spacial score (nSPS) is 17.3. The summed E-state index contributed by atoms with van der Waals surface area (Å²) in [7, 11) is 0. The van der Waals surface area contributed by atoms with Gasteiger partial charge in [0.2, 0.25) is 0 Å². The van der Waals surface area contributed by atoms with Gasteiger partial charge in [-0.1, -0.05) is 23.3 Å². The molecule has 0 fully saturated rings. The Morgan fingerprint density at radius 2 is 0.920 bits per heavy atom. The van der Waals surface area contributed by atoms with Gasteiger partial charge >= 0.3 is 0 Å². The van der Waals surface area contributed by atoms with E-state index in [1.807, 2.05) is 0 Å². The second-order valence-electron chi connectivity index (χ2n) is 7.40. The van der Waals surface area contributed by atoms with Crippen LogP contribution in [0.3, 0.4) is 0 Å². The van der Waals surface area contributed by atoms with E-state index in [1.165, 1.54) is 60.8 Å². The minimum atomic E-state index is 0. The van der Waals surface area contributed by atoms with Gasteiger partial charge in [0, 0.05) is 25.8 Å². The van der Waals surface area contributed by atoms with Crippen LogP contribution in [0.5, 0.6) is 0 Å². The zero-order valence-electron chi connectivity index (χ0n) is 14.6. The summed E-state index contributed by atoms with van der Waals surface area (Å²) < 4.78 is 0. The maximum Gasteiger partial charge on any atom is 0 e. The molecule has 0 radical (unpaired) electrons. The van der Waals surface area contributed by atoms with Gasteiger partial charge < -0.3 is 0 Å². The molecule has 0 amide bonds. The van der Waals surface area contributed by atoms with E-state index in [2.05, 4.69) is 48.6 Å². The molecule has 25 heavy (non-hydrogen) atoms. The maximum absolute atomic E-state index is 3.27. The molecule has 0 aromatic heterocycles. The van der Waals surface area contributed by atoms with Gasteiger partial charge in [0.25, 0.3) is 0 Å². The number of rotatable bonds is 0. The van der Waals surface area contributed by atoms with Crippen molar-refractivity contribution in [3.05, 3.63) is 80.9 Å². The first-order valence-electron chi connectivity index (χ1n) is 9.29. The summed E-state index contributed by atoms with van der Waals surface area (Å²) in [4.78, 5) is 0. The second-order valence-corrected chi connectivity index (χ2v) is 7.40. The third-order valence-corrected chi connectivity index (χ3v) is 5.81. The number of allylic oxidation sites excluding steroid dienone is 2. The Labute approximate surface area is 169 Å². The summed E-state index contributed by atoms with van der Waals surface area (Å²) in [6, 6.07) is 9.48. The van der Waals surface area contributed by atoms with Crippen LogP contribution in [0.15, 0.2) is 24.3 Å². The Bertz CT molecular complexity index is 795. The summed E-state index contributed by atoms with van der Waals surface area (Å²) in [6.45, 7) is 0. The van der Waals surface area contributed by atoms with Gasteiger partial charge in [-0.15, -0.1) is 36.1 Å². The van der Waals surface area contributed by atoms with Gasteiger partial charge in [0.05, 0.1) is 0 Å². The van der Waals surface area contributed by atoms with Crippen molar-refractivity contribution in [1.82, 2.24) is 0 Å². The largest absolute Gasteiger partial charge is 0.272 e. The monoisotopic (exact) mass is 490 g/mol. The maximum atomic E-state index is 3.27. The van der Waals surface area contributed by atoms with E-state index < -0.39 is 0 Å². The van der Waals surface area contributed by atoms with Crippen LogP contribution in [0.4, 0.5) is 0 Å². The molecule has 0 nitrogen and oxygen atoms in total. The van der Waals surface area contributed by atoms with Gasteiger partial charge in [-0.25, -0.2) is 12.2 Å². The van der Waals surface area contributed by atoms with Crippen molar-refractivity contribution < 1.29 is 25.8 Å². The molecule has 0 bridgehead atoms. The Morgan fingerprint density at radius 1 is 0.520 bits per heavy atom. The number of hydrogen-bond acceptors (Lipinski definition) is 0. The van der Waals surface area contributed by atoms with Crippen molar-refractivity contribution in [2.45, 2.75) is 51.4 Å². The molecular formula is C24H22Hf-2. The molecule has 0 saturated carbocycles. The van der Waals surface area contributed by atoms with Gasteiger partial charge in [-0.3, -0.25) is 12.2 Å². The van der Waals surface area contributed by atoms with E-state index in [-0.39, 0.29) is 25.8 Å². The van der Waals surface area contributed by atoms with Crippen LogP contribution in [0.25, 0.3) is 12.2 Å². The van der Waals surface area contributed by atoms with Crippen molar-refractivity contribution >= 4 is 12.2 Å². The Hall–Kier alpha value is -1.21. The molecular weight excluding hydrogens is 467 g/mol. The molecule has 6 rings (SSSR count). The quantitative estimate of drug-likeness (QED) is 0.358. The number of benzene rings is 2. The van der Waals surface area contributed by atoms with E-state index in [0.717, 1.165) is 12.8 Å². The van der Waals surface area contributed by atoms with Crippen molar-refractivity contribution in [2.75, 3.05) is 0 Å². The van der Waals surface area contributed by atoms with Crippen molar-refractivity contribution in [2.24, 2.45) is 0 Å². The molecule has 0 unspecified atom stereocenters. The standard InChI is InChI=1S/2C12H11.Hf/c2*1-3-9-7-11-5-2-6-12(11)8-10(9)4-1;/h2*5,7-8H,1,3-4,6H2;/q2*-1;. The molecule has 1 heteroatoms. The van der Waals surface area contributed by atoms with Crippen LogP contribution in [-0.2, 0) is 64.4 Å². The molecule has 4 aliphatic rings. The smallest absolute Gasteiger partial charge is 0 e. The molecule has 124 valence electrons. The third-order valence-electron chi connectivity index (χ3n) is 5.81. The summed E-state index contributed by atoms with van der Waals surface area (Å²) >= 11 is 0. The first kappa shape index (κ1) is 17.2. The molecule has 0 heterocycles. The minimum absolute atomic E-state index is 0. The number of fused-ring (bicyclic) bond motifs is 4. The Morgan fingerprint density at radius 3 is 1.36 bits per heavy atom. The fourth-order valence-corrected chi connectivity index (χ4v) is 4.51. The summed E-state index contributed by atoms with van der Waals surface area (Å²) in [5.41, 5.74) is 12.1. The van der Waals surface area contributed by atoms with Crippen LogP contribution in [-0.4, -0.2) is 0 Å². The fourth-order valence-electron chi connectivity index (χ4n) is 4.51. The fraction of sp³-hybridized carbons (Fsp3) is 0.333. The van der Waals surface area contributed by atoms with E-state index in [0.29, 0.717) is 0 Å². The van der Waals surface area contributed by atoms with Gasteiger partial charge in [-0.05, 0) is 49.7 Å². The predicted octanol–water partition coefficient (Wildman–Crippen LogP) is 5.09. The molecule has 0 atom stereocenters. The van der Waals surface area contributed by atoms with E-state index in [1.54, 1.807) is 22.3 Å². The molecule has 2 aromatic carbocycles. The van der Waals surface area contributed by atoms with Crippen molar-refractivity contribution in [3.8, 4) is 0 Å². The molecule has 4 aliphatic carbocycles. The molecule has 0 aliphatic heterocycles. The van der Waals surface area contributed by atoms with Crippen LogP contribution in [0.2, 0.25) is 0 Å². The number of hydrogen-bond donors (Lipinski definition) is 0. The Kier molecular flexibility index (Phi) is 4.95. The summed E-state index contributed by atoms with van der Waals surface area (Å²) in [5.74, 6) is 0. The van der Waals surface area contributed by atoms with E-state index in [9.17, 15) is 0 Å². The van der Waals surface area contributed by atoms with Gasteiger partial charge in [-0.2, -0.15) is 11.1 Å². The van der Waals surface area contributed by atoms with Crippen LogP contribution >= 0.6 is 0 Å². The van der Waals surface area contributed by atoms with Crippen LogP contribution in [0, 0.1) is 12.2 Å². The van der Waals surface area contributed by atoms with Crippen molar-refractivity contribution in [3.63, 3.8) is 0 Å². The zero-order valence-corrected chi connectivity index (χ0v) is 18.2. The van der Waals surface area contributed by atoms with Gasteiger partial charge in [0.15, 0.2) is 0 Å². The third kappa shape index (κ3) is 3.28. The number of aryl methyl sites for hydroxylation is 4. The average Bonchev–Trinajstić information content (AvgIpc) is 3.35. The molecule has 0 spiro atoms. The Balaban J connectivity index is 0.000000121. The van der Waals surface area contributed by atoms with Crippen molar-refractivity contribution in [1.29, 1.82) is 0 Å². The summed E-state index contributed by atoms with van der Waals surface area (Å²) in [5, 5.41) is 0. The van der Waals surface area contributed by atoms with Crippen LogP contribution < -0.4 is 0 Å². The van der Waals surface area contributed by atoms with E-state index in [4.69, 9.17) is 0 Å². The first-order chi connectivity index (χ1) is 11.9. The first-order valence-corrected chi connectivity index (χ1v) is 9.29. The average molecular weight is 489 g/mol. The molecule has 0 N–H and O–H groups in total. The van der Waals surface area contributed by atoms with Gasteiger partial charge in [0.1, 0.15) is 0 Å². The molecule has 2 aromatic rings.